The van der Waals surface area contributed by atoms with Crippen molar-refractivity contribution < 1.29 is 9.47 Å². The Kier molecular flexibility index (Phi) is 7.40. The van der Waals surface area contributed by atoms with E-state index < -0.39 is 0 Å². The average molecular weight is 282 g/mol. The first-order chi connectivity index (χ1) is 9.17. The summed E-state index contributed by atoms with van der Waals surface area (Å²) in [5.74, 6) is 0. The second-order valence-corrected chi connectivity index (χ2v) is 4.66. The highest BCUT2D eigenvalue weighted by atomic mass is 32.1. The van der Waals surface area contributed by atoms with Gasteiger partial charge < -0.3 is 19.7 Å². The fourth-order valence-electron chi connectivity index (χ4n) is 1.64. The molecule has 1 aromatic carbocycles. The lowest BCUT2D eigenvalue weighted by Gasteiger charge is -2.25. The van der Waals surface area contributed by atoms with Crippen molar-refractivity contribution in [1.29, 1.82) is 0 Å². The zero-order valence-corrected chi connectivity index (χ0v) is 12.6. The monoisotopic (exact) mass is 282 g/mol. The molecule has 0 saturated heterocycles. The second kappa shape index (κ2) is 8.85. The molecule has 4 nitrogen and oxygen atoms in total. The predicted molar refractivity (Wildman–Crippen MR) is 82.7 cm³/mol. The van der Waals surface area contributed by atoms with E-state index in [4.69, 9.17) is 21.7 Å². The number of hydrogen-bond donors (Lipinski definition) is 1. The molecule has 0 amide bonds. The van der Waals surface area contributed by atoms with Crippen LogP contribution in [0, 0.1) is 6.92 Å². The standard InChI is InChI=1S/C14H22N2O2S/c1-12-5-4-6-13(11-12)15-14(19)16(7-9-17-2)8-10-18-3/h4-6,11H,7-10H2,1-3H3,(H,15,19). The van der Waals surface area contributed by atoms with E-state index in [1.54, 1.807) is 14.2 Å². The maximum atomic E-state index is 5.43. The molecule has 1 rings (SSSR count). The van der Waals surface area contributed by atoms with Crippen LogP contribution in [-0.4, -0.2) is 50.5 Å². The number of aryl methyl sites for hydroxylation is 1. The predicted octanol–water partition coefficient (Wildman–Crippen LogP) is 2.29. The van der Waals surface area contributed by atoms with E-state index in [0.29, 0.717) is 18.3 Å². The maximum Gasteiger partial charge on any atom is 0.173 e. The third kappa shape index (κ3) is 6.00. The number of hydrogen-bond acceptors (Lipinski definition) is 3. The lowest BCUT2D eigenvalue weighted by atomic mass is 10.2. The minimum atomic E-state index is 0.638. The molecule has 0 spiro atoms. The van der Waals surface area contributed by atoms with E-state index in [0.717, 1.165) is 18.8 Å². The first-order valence-corrected chi connectivity index (χ1v) is 6.68. The van der Waals surface area contributed by atoms with E-state index >= 15 is 0 Å². The van der Waals surface area contributed by atoms with Gasteiger partial charge in [-0.2, -0.15) is 0 Å². The summed E-state index contributed by atoms with van der Waals surface area (Å²) in [6.07, 6.45) is 0. The minimum absolute atomic E-state index is 0.638. The Hall–Kier alpha value is -1.17. The lowest BCUT2D eigenvalue weighted by molar-refractivity contribution is 0.147. The topological polar surface area (TPSA) is 33.7 Å². The van der Waals surface area contributed by atoms with E-state index in [-0.39, 0.29) is 0 Å². The number of nitrogens with zero attached hydrogens (tertiary/aromatic N) is 1. The molecular weight excluding hydrogens is 260 g/mol. The van der Waals surface area contributed by atoms with Gasteiger partial charge in [0.15, 0.2) is 5.11 Å². The summed E-state index contributed by atoms with van der Waals surface area (Å²) in [6.45, 7) is 4.83. The van der Waals surface area contributed by atoms with Gasteiger partial charge in [0.25, 0.3) is 0 Å². The quantitative estimate of drug-likeness (QED) is 0.776. The van der Waals surface area contributed by atoms with Crippen molar-refractivity contribution in [2.24, 2.45) is 0 Å². The molecule has 0 radical (unpaired) electrons. The number of thiocarbonyl (C=S) groups is 1. The van der Waals surface area contributed by atoms with Crippen molar-refractivity contribution >= 4 is 23.0 Å². The molecule has 0 unspecified atom stereocenters. The second-order valence-electron chi connectivity index (χ2n) is 4.27. The molecule has 0 bridgehead atoms. The molecule has 0 aliphatic rings. The maximum absolute atomic E-state index is 5.43. The van der Waals surface area contributed by atoms with Crippen LogP contribution in [0.25, 0.3) is 0 Å². The van der Waals surface area contributed by atoms with Crippen LogP contribution in [0.2, 0.25) is 0 Å². The number of benzene rings is 1. The Morgan fingerprint density at radius 2 is 1.84 bits per heavy atom. The van der Waals surface area contributed by atoms with Gasteiger partial charge in [-0.3, -0.25) is 0 Å². The summed E-state index contributed by atoms with van der Waals surface area (Å²) in [7, 11) is 3.37. The van der Waals surface area contributed by atoms with E-state index in [1.807, 2.05) is 17.0 Å². The van der Waals surface area contributed by atoms with Gasteiger partial charge in [0.05, 0.1) is 13.2 Å². The number of rotatable bonds is 7. The van der Waals surface area contributed by atoms with Crippen LogP contribution in [0.15, 0.2) is 24.3 Å². The van der Waals surface area contributed by atoms with Gasteiger partial charge in [0.1, 0.15) is 0 Å². The summed E-state index contributed by atoms with van der Waals surface area (Å²) >= 11 is 5.43. The van der Waals surface area contributed by atoms with Crippen LogP contribution >= 0.6 is 12.2 Å². The molecule has 1 N–H and O–H groups in total. The van der Waals surface area contributed by atoms with Gasteiger partial charge in [0, 0.05) is 33.0 Å². The van der Waals surface area contributed by atoms with Crippen LogP contribution in [0.4, 0.5) is 5.69 Å². The van der Waals surface area contributed by atoms with E-state index in [2.05, 4.69) is 24.4 Å². The Labute approximate surface area is 120 Å². The summed E-state index contributed by atoms with van der Waals surface area (Å²) in [4.78, 5) is 2.05. The highest BCUT2D eigenvalue weighted by Crippen LogP contribution is 2.10. The molecule has 1 aromatic rings. The Bertz CT molecular complexity index is 391. The summed E-state index contributed by atoms with van der Waals surface area (Å²) < 4.78 is 10.2. The van der Waals surface area contributed by atoms with Gasteiger partial charge >= 0.3 is 0 Å². The summed E-state index contributed by atoms with van der Waals surface area (Å²) in [6, 6.07) is 8.14. The smallest absolute Gasteiger partial charge is 0.173 e. The Balaban J connectivity index is 2.59. The Morgan fingerprint density at radius 1 is 1.21 bits per heavy atom. The van der Waals surface area contributed by atoms with Gasteiger partial charge in [-0.25, -0.2) is 0 Å². The van der Waals surface area contributed by atoms with Crippen molar-refractivity contribution in [3.05, 3.63) is 29.8 Å². The van der Waals surface area contributed by atoms with Crippen molar-refractivity contribution in [3.63, 3.8) is 0 Å². The third-order valence-electron chi connectivity index (χ3n) is 2.69. The molecule has 0 saturated carbocycles. The van der Waals surface area contributed by atoms with E-state index in [1.165, 1.54) is 5.56 Å². The molecule has 0 heterocycles. The molecule has 0 aromatic heterocycles. The van der Waals surface area contributed by atoms with Crippen LogP contribution in [0.3, 0.4) is 0 Å². The number of anilines is 1. The lowest BCUT2D eigenvalue weighted by Crippen LogP contribution is -2.39. The largest absolute Gasteiger partial charge is 0.383 e. The first-order valence-electron chi connectivity index (χ1n) is 6.28. The molecule has 5 heteroatoms. The van der Waals surface area contributed by atoms with Crippen LogP contribution < -0.4 is 5.32 Å². The molecule has 0 atom stereocenters. The fourth-order valence-corrected chi connectivity index (χ4v) is 1.94. The molecule has 0 aliphatic heterocycles. The van der Waals surface area contributed by atoms with Crippen molar-refractivity contribution in [2.45, 2.75) is 6.92 Å². The SMILES string of the molecule is COCCN(CCOC)C(=S)Nc1cccc(C)c1. The number of nitrogens with one attached hydrogen (secondary N) is 1. The molecular formula is C14H22N2O2S. The van der Waals surface area contributed by atoms with Crippen LogP contribution in [0.5, 0.6) is 0 Å². The molecule has 19 heavy (non-hydrogen) atoms. The van der Waals surface area contributed by atoms with Gasteiger partial charge in [0.2, 0.25) is 0 Å². The first kappa shape index (κ1) is 15.9. The van der Waals surface area contributed by atoms with Crippen LogP contribution in [-0.2, 0) is 9.47 Å². The number of methoxy groups -OCH3 is 2. The average Bonchev–Trinajstić information content (AvgIpc) is 2.38. The zero-order chi connectivity index (χ0) is 14.1. The minimum Gasteiger partial charge on any atom is -0.383 e. The summed E-state index contributed by atoms with van der Waals surface area (Å²) in [5.41, 5.74) is 2.21. The van der Waals surface area contributed by atoms with Crippen molar-refractivity contribution in [1.82, 2.24) is 4.90 Å². The normalized spacial score (nSPS) is 10.3. The van der Waals surface area contributed by atoms with Gasteiger partial charge in [-0.15, -0.1) is 0 Å². The fraction of sp³-hybridized carbons (Fsp3) is 0.500. The van der Waals surface area contributed by atoms with Crippen molar-refractivity contribution in [3.8, 4) is 0 Å². The van der Waals surface area contributed by atoms with Gasteiger partial charge in [-0.1, -0.05) is 12.1 Å². The van der Waals surface area contributed by atoms with Gasteiger partial charge in [-0.05, 0) is 36.8 Å². The molecule has 0 fully saturated rings. The highest BCUT2D eigenvalue weighted by molar-refractivity contribution is 7.80. The molecule has 106 valence electrons. The van der Waals surface area contributed by atoms with E-state index in [9.17, 15) is 0 Å². The zero-order valence-electron chi connectivity index (χ0n) is 11.8. The summed E-state index contributed by atoms with van der Waals surface area (Å²) in [5, 5.41) is 3.94. The van der Waals surface area contributed by atoms with Crippen LogP contribution in [0.1, 0.15) is 5.56 Å². The molecule has 0 aliphatic carbocycles. The number of ether oxygens (including phenoxy) is 2. The van der Waals surface area contributed by atoms with Crippen molar-refractivity contribution in [2.75, 3.05) is 45.8 Å². The highest BCUT2D eigenvalue weighted by Gasteiger charge is 2.09. The Morgan fingerprint density at radius 3 is 2.37 bits per heavy atom. The third-order valence-corrected chi connectivity index (χ3v) is 3.05.